The lowest BCUT2D eigenvalue weighted by Gasteiger charge is -2.29. The maximum absolute atomic E-state index is 5.46. The molecule has 1 aromatic rings. The Morgan fingerprint density at radius 2 is 2.18 bits per heavy atom. The Morgan fingerprint density at radius 1 is 1.41 bits per heavy atom. The smallest absolute Gasteiger partial charge is 0.0637 e. The van der Waals surface area contributed by atoms with Crippen LogP contribution in [-0.2, 0) is 4.74 Å². The highest BCUT2D eigenvalue weighted by molar-refractivity contribution is 7.98. The van der Waals surface area contributed by atoms with E-state index >= 15 is 0 Å². The van der Waals surface area contributed by atoms with Crippen molar-refractivity contribution in [1.29, 1.82) is 0 Å². The van der Waals surface area contributed by atoms with Crippen LogP contribution in [0.5, 0.6) is 0 Å². The molecule has 17 heavy (non-hydrogen) atoms. The summed E-state index contributed by atoms with van der Waals surface area (Å²) >= 11 is 1.77. The minimum atomic E-state index is 0.439. The quantitative estimate of drug-likeness (QED) is 0.826. The van der Waals surface area contributed by atoms with Crippen molar-refractivity contribution in [3.05, 3.63) is 24.3 Å². The Bertz CT molecular complexity index is 336. The van der Waals surface area contributed by atoms with Gasteiger partial charge in [-0.1, -0.05) is 0 Å². The summed E-state index contributed by atoms with van der Waals surface area (Å²) in [5.41, 5.74) is 1.26. The molecule has 1 atom stereocenters. The molecule has 0 saturated carbocycles. The predicted octanol–water partition coefficient (Wildman–Crippen LogP) is 1.83. The SMILES string of the molecule is CSc1ccc(N(C)CC2COCCN2)cc1. The zero-order chi connectivity index (χ0) is 12.1. The molecule has 0 aliphatic carbocycles. The molecule has 0 aromatic heterocycles. The maximum atomic E-state index is 5.46. The number of rotatable bonds is 4. The van der Waals surface area contributed by atoms with Crippen LogP contribution < -0.4 is 10.2 Å². The zero-order valence-corrected chi connectivity index (χ0v) is 11.3. The van der Waals surface area contributed by atoms with Crippen molar-refractivity contribution in [2.75, 3.05) is 44.5 Å². The van der Waals surface area contributed by atoms with Crippen LogP contribution in [0.1, 0.15) is 0 Å². The van der Waals surface area contributed by atoms with Crippen LogP contribution in [0.15, 0.2) is 29.2 Å². The molecule has 0 spiro atoms. The Kier molecular flexibility index (Phi) is 4.71. The molecular formula is C13H20N2OS. The summed E-state index contributed by atoms with van der Waals surface area (Å²) in [5, 5.41) is 3.47. The average Bonchev–Trinajstić information content (AvgIpc) is 2.40. The molecule has 1 aliphatic rings. The molecule has 1 unspecified atom stereocenters. The van der Waals surface area contributed by atoms with Crippen molar-refractivity contribution in [3.8, 4) is 0 Å². The third-order valence-corrected chi connectivity index (χ3v) is 3.75. The first-order valence-electron chi connectivity index (χ1n) is 5.96. The molecule has 2 rings (SSSR count). The maximum Gasteiger partial charge on any atom is 0.0637 e. The molecule has 0 amide bonds. The van der Waals surface area contributed by atoms with Crippen molar-refractivity contribution in [3.63, 3.8) is 0 Å². The lowest BCUT2D eigenvalue weighted by Crippen LogP contribution is -2.47. The van der Waals surface area contributed by atoms with E-state index in [0.717, 1.165) is 26.3 Å². The summed E-state index contributed by atoms with van der Waals surface area (Å²) in [4.78, 5) is 3.58. The molecule has 1 saturated heterocycles. The van der Waals surface area contributed by atoms with Crippen LogP contribution >= 0.6 is 11.8 Å². The van der Waals surface area contributed by atoms with E-state index < -0.39 is 0 Å². The van der Waals surface area contributed by atoms with Gasteiger partial charge in [0, 0.05) is 36.8 Å². The fourth-order valence-electron chi connectivity index (χ4n) is 2.01. The number of hydrogen-bond acceptors (Lipinski definition) is 4. The highest BCUT2D eigenvalue weighted by Gasteiger charge is 2.15. The molecule has 0 radical (unpaired) electrons. The fourth-order valence-corrected chi connectivity index (χ4v) is 2.42. The van der Waals surface area contributed by atoms with Crippen molar-refractivity contribution in [2.24, 2.45) is 0 Å². The van der Waals surface area contributed by atoms with Crippen molar-refractivity contribution < 1.29 is 4.74 Å². The summed E-state index contributed by atoms with van der Waals surface area (Å²) in [6.07, 6.45) is 2.10. The van der Waals surface area contributed by atoms with Gasteiger partial charge in [0.05, 0.1) is 13.2 Å². The van der Waals surface area contributed by atoms with Gasteiger partial charge in [0.1, 0.15) is 0 Å². The molecule has 4 heteroatoms. The van der Waals surface area contributed by atoms with Gasteiger partial charge < -0.3 is 15.0 Å². The fraction of sp³-hybridized carbons (Fsp3) is 0.538. The molecule has 1 fully saturated rings. The second kappa shape index (κ2) is 6.28. The van der Waals surface area contributed by atoms with Gasteiger partial charge >= 0.3 is 0 Å². The van der Waals surface area contributed by atoms with Crippen molar-refractivity contribution in [1.82, 2.24) is 5.32 Å². The van der Waals surface area contributed by atoms with E-state index in [-0.39, 0.29) is 0 Å². The molecule has 1 N–H and O–H groups in total. The monoisotopic (exact) mass is 252 g/mol. The van der Waals surface area contributed by atoms with Gasteiger partial charge in [0.25, 0.3) is 0 Å². The molecule has 1 aromatic carbocycles. The third kappa shape index (κ3) is 3.63. The predicted molar refractivity (Wildman–Crippen MR) is 74.1 cm³/mol. The van der Waals surface area contributed by atoms with Gasteiger partial charge in [-0.05, 0) is 30.5 Å². The Labute approximate surface area is 108 Å². The van der Waals surface area contributed by atoms with Crippen LogP contribution in [-0.4, -0.2) is 45.6 Å². The second-order valence-corrected chi connectivity index (χ2v) is 5.18. The largest absolute Gasteiger partial charge is 0.378 e. The topological polar surface area (TPSA) is 24.5 Å². The number of nitrogens with one attached hydrogen (secondary N) is 1. The van der Waals surface area contributed by atoms with Gasteiger partial charge in [-0.25, -0.2) is 0 Å². The van der Waals surface area contributed by atoms with E-state index in [9.17, 15) is 0 Å². The first kappa shape index (κ1) is 12.7. The first-order valence-corrected chi connectivity index (χ1v) is 7.18. The summed E-state index contributed by atoms with van der Waals surface area (Å²) in [7, 11) is 2.13. The summed E-state index contributed by atoms with van der Waals surface area (Å²) < 4.78 is 5.46. The molecule has 94 valence electrons. The molecule has 1 heterocycles. The van der Waals surface area contributed by atoms with Crippen LogP contribution in [0.2, 0.25) is 0 Å². The van der Waals surface area contributed by atoms with Gasteiger partial charge in [0.15, 0.2) is 0 Å². The Balaban J connectivity index is 1.91. The normalized spacial score (nSPS) is 20.2. The lowest BCUT2D eigenvalue weighted by molar-refractivity contribution is 0.0791. The minimum absolute atomic E-state index is 0.439. The third-order valence-electron chi connectivity index (χ3n) is 3.01. The van der Waals surface area contributed by atoms with Crippen LogP contribution in [0.3, 0.4) is 0 Å². The van der Waals surface area contributed by atoms with Crippen LogP contribution in [0, 0.1) is 0 Å². The highest BCUT2D eigenvalue weighted by atomic mass is 32.2. The minimum Gasteiger partial charge on any atom is -0.378 e. The number of benzene rings is 1. The van der Waals surface area contributed by atoms with E-state index in [1.54, 1.807) is 11.8 Å². The number of nitrogens with zero attached hydrogens (tertiary/aromatic N) is 1. The lowest BCUT2D eigenvalue weighted by atomic mass is 10.2. The number of likely N-dealkylation sites (N-methyl/N-ethyl adjacent to an activating group) is 1. The highest BCUT2D eigenvalue weighted by Crippen LogP contribution is 2.19. The van der Waals surface area contributed by atoms with Crippen molar-refractivity contribution >= 4 is 17.4 Å². The number of ether oxygens (including phenoxy) is 1. The van der Waals surface area contributed by atoms with Gasteiger partial charge in [0.2, 0.25) is 0 Å². The Morgan fingerprint density at radius 3 is 2.76 bits per heavy atom. The summed E-state index contributed by atoms with van der Waals surface area (Å²) in [5.74, 6) is 0. The summed E-state index contributed by atoms with van der Waals surface area (Å²) in [6.45, 7) is 3.60. The molecule has 1 aliphatic heterocycles. The molecule has 0 bridgehead atoms. The van der Waals surface area contributed by atoms with Crippen LogP contribution in [0.4, 0.5) is 5.69 Å². The van der Waals surface area contributed by atoms with Crippen LogP contribution in [0.25, 0.3) is 0 Å². The average molecular weight is 252 g/mol. The number of morpholine rings is 1. The standard InChI is InChI=1S/C13H20N2OS/c1-15(9-11-10-16-8-7-14-11)12-3-5-13(17-2)6-4-12/h3-6,11,14H,7-10H2,1-2H3. The molecule has 3 nitrogen and oxygen atoms in total. The van der Waals surface area contributed by atoms with Gasteiger partial charge in [-0.15, -0.1) is 11.8 Å². The number of hydrogen-bond donors (Lipinski definition) is 1. The Hall–Kier alpha value is -0.710. The van der Waals surface area contributed by atoms with E-state index in [2.05, 4.69) is 47.8 Å². The van der Waals surface area contributed by atoms with E-state index in [0.29, 0.717) is 6.04 Å². The first-order chi connectivity index (χ1) is 8.29. The van der Waals surface area contributed by atoms with E-state index in [1.807, 2.05) is 0 Å². The summed E-state index contributed by atoms with van der Waals surface area (Å²) in [6, 6.07) is 9.13. The second-order valence-electron chi connectivity index (χ2n) is 4.30. The van der Waals surface area contributed by atoms with Gasteiger partial charge in [-0.2, -0.15) is 0 Å². The molecular weight excluding hydrogens is 232 g/mol. The number of thioether (sulfide) groups is 1. The van der Waals surface area contributed by atoms with E-state index in [4.69, 9.17) is 4.74 Å². The van der Waals surface area contributed by atoms with Crippen molar-refractivity contribution in [2.45, 2.75) is 10.9 Å². The van der Waals surface area contributed by atoms with E-state index in [1.165, 1.54) is 10.6 Å². The zero-order valence-electron chi connectivity index (χ0n) is 10.5. The van der Waals surface area contributed by atoms with Gasteiger partial charge in [-0.3, -0.25) is 0 Å². The number of anilines is 1.